The molecular formula is C14H26N2O. The number of nitrogens with zero attached hydrogens (tertiary/aromatic N) is 1. The number of amides is 1. The summed E-state index contributed by atoms with van der Waals surface area (Å²) < 4.78 is 0. The van der Waals surface area contributed by atoms with E-state index >= 15 is 0 Å². The van der Waals surface area contributed by atoms with Crippen molar-refractivity contribution in [3.63, 3.8) is 0 Å². The van der Waals surface area contributed by atoms with Crippen LogP contribution in [-0.4, -0.2) is 29.1 Å². The summed E-state index contributed by atoms with van der Waals surface area (Å²) in [6, 6.07) is 0.558. The van der Waals surface area contributed by atoms with Gasteiger partial charge in [0.2, 0.25) is 5.91 Å². The zero-order valence-electron chi connectivity index (χ0n) is 11.4. The molecule has 2 rings (SSSR count). The first-order valence-corrected chi connectivity index (χ1v) is 7.23. The first-order valence-electron chi connectivity index (χ1n) is 7.23. The van der Waals surface area contributed by atoms with Crippen LogP contribution in [0.15, 0.2) is 0 Å². The molecule has 2 fully saturated rings. The van der Waals surface area contributed by atoms with Crippen LogP contribution in [-0.2, 0) is 4.79 Å². The Kier molecular flexibility index (Phi) is 4.08. The minimum absolute atomic E-state index is 0.0483. The molecule has 1 amide bonds. The highest BCUT2D eigenvalue weighted by molar-refractivity contribution is 5.85. The van der Waals surface area contributed by atoms with Crippen molar-refractivity contribution in [1.29, 1.82) is 0 Å². The van der Waals surface area contributed by atoms with Crippen LogP contribution in [0.1, 0.15) is 59.3 Å². The Labute approximate surface area is 105 Å². The van der Waals surface area contributed by atoms with Gasteiger partial charge in [-0.05, 0) is 25.2 Å². The van der Waals surface area contributed by atoms with Gasteiger partial charge in [0.15, 0.2) is 0 Å². The van der Waals surface area contributed by atoms with E-state index in [4.69, 9.17) is 0 Å². The molecule has 1 aliphatic heterocycles. The fourth-order valence-electron chi connectivity index (χ4n) is 3.26. The topological polar surface area (TPSA) is 32.3 Å². The lowest BCUT2D eigenvalue weighted by molar-refractivity contribution is -0.132. The number of carbonyl (C=O) groups excluding carboxylic acids is 1. The molecule has 2 atom stereocenters. The lowest BCUT2D eigenvalue weighted by atomic mass is 10.0. The van der Waals surface area contributed by atoms with Crippen LogP contribution in [0.2, 0.25) is 0 Å². The first-order chi connectivity index (χ1) is 8.15. The van der Waals surface area contributed by atoms with Crippen LogP contribution in [0.3, 0.4) is 0 Å². The molecule has 0 aromatic heterocycles. The van der Waals surface area contributed by atoms with Gasteiger partial charge in [0, 0.05) is 6.04 Å². The quantitative estimate of drug-likeness (QED) is 0.816. The standard InChI is InChI=1S/C14H26N2O/c1-4-7-12-15-13(10(2)3)14(17)16(12)11-8-5-6-9-11/h10-13,15H,4-9H2,1-3H3. The van der Waals surface area contributed by atoms with Crippen molar-refractivity contribution in [3.05, 3.63) is 0 Å². The van der Waals surface area contributed by atoms with E-state index in [-0.39, 0.29) is 6.04 Å². The van der Waals surface area contributed by atoms with Crippen LogP contribution in [0.5, 0.6) is 0 Å². The van der Waals surface area contributed by atoms with Crippen molar-refractivity contribution in [1.82, 2.24) is 10.2 Å². The maximum atomic E-state index is 12.5. The van der Waals surface area contributed by atoms with E-state index in [2.05, 4.69) is 31.0 Å². The average Bonchev–Trinajstić information content (AvgIpc) is 2.86. The Bertz CT molecular complexity index is 271. The molecule has 3 heteroatoms. The van der Waals surface area contributed by atoms with Gasteiger partial charge in [0.25, 0.3) is 0 Å². The second-order valence-corrected chi connectivity index (χ2v) is 5.88. The number of nitrogens with one attached hydrogen (secondary N) is 1. The maximum absolute atomic E-state index is 12.5. The fraction of sp³-hybridized carbons (Fsp3) is 0.929. The molecule has 1 aliphatic carbocycles. The Morgan fingerprint density at radius 2 is 2.00 bits per heavy atom. The van der Waals surface area contributed by atoms with Gasteiger partial charge < -0.3 is 4.90 Å². The Morgan fingerprint density at radius 3 is 2.53 bits per heavy atom. The highest BCUT2D eigenvalue weighted by Crippen LogP contribution is 2.30. The first kappa shape index (κ1) is 12.9. The highest BCUT2D eigenvalue weighted by atomic mass is 16.2. The van der Waals surface area contributed by atoms with Crippen LogP contribution >= 0.6 is 0 Å². The molecule has 1 heterocycles. The van der Waals surface area contributed by atoms with Crippen molar-refractivity contribution >= 4 is 5.91 Å². The smallest absolute Gasteiger partial charge is 0.241 e. The molecule has 3 nitrogen and oxygen atoms in total. The molecule has 0 spiro atoms. The van der Waals surface area contributed by atoms with Gasteiger partial charge in [-0.1, -0.05) is 40.0 Å². The third kappa shape index (κ3) is 2.49. The maximum Gasteiger partial charge on any atom is 0.241 e. The summed E-state index contributed by atoms with van der Waals surface area (Å²) in [5.41, 5.74) is 0. The van der Waals surface area contributed by atoms with Gasteiger partial charge in [-0.25, -0.2) is 0 Å². The monoisotopic (exact) mass is 238 g/mol. The van der Waals surface area contributed by atoms with Crippen molar-refractivity contribution in [2.45, 2.75) is 77.5 Å². The summed E-state index contributed by atoms with van der Waals surface area (Å²) in [4.78, 5) is 14.7. The summed E-state index contributed by atoms with van der Waals surface area (Å²) in [7, 11) is 0. The van der Waals surface area contributed by atoms with Crippen molar-refractivity contribution in [2.24, 2.45) is 5.92 Å². The predicted octanol–water partition coefficient (Wildman–Crippen LogP) is 2.51. The Morgan fingerprint density at radius 1 is 1.35 bits per heavy atom. The molecule has 2 unspecified atom stereocenters. The van der Waals surface area contributed by atoms with Gasteiger partial charge in [0.1, 0.15) is 0 Å². The zero-order valence-corrected chi connectivity index (χ0v) is 11.4. The van der Waals surface area contributed by atoms with E-state index in [9.17, 15) is 4.79 Å². The summed E-state index contributed by atoms with van der Waals surface area (Å²) in [5.74, 6) is 0.749. The van der Waals surface area contributed by atoms with Crippen LogP contribution in [0.25, 0.3) is 0 Å². The van der Waals surface area contributed by atoms with Gasteiger partial charge in [-0.15, -0.1) is 0 Å². The summed E-state index contributed by atoms with van der Waals surface area (Å²) in [5, 5.41) is 3.54. The van der Waals surface area contributed by atoms with Gasteiger partial charge in [0.05, 0.1) is 12.2 Å². The molecule has 1 saturated heterocycles. The molecule has 98 valence electrons. The molecule has 1 N–H and O–H groups in total. The SMILES string of the molecule is CCCC1NC(C(C)C)C(=O)N1C1CCCC1. The van der Waals surface area contributed by atoms with Gasteiger partial charge in [-0.3, -0.25) is 10.1 Å². The lowest BCUT2D eigenvalue weighted by Gasteiger charge is -2.30. The Balaban J connectivity index is 2.11. The van der Waals surface area contributed by atoms with Crippen molar-refractivity contribution in [3.8, 4) is 0 Å². The lowest BCUT2D eigenvalue weighted by Crippen LogP contribution is -2.43. The highest BCUT2D eigenvalue weighted by Gasteiger charge is 2.43. The second kappa shape index (κ2) is 5.38. The summed E-state index contributed by atoms with van der Waals surface area (Å²) in [6.07, 6.45) is 7.52. The normalized spacial score (nSPS) is 30.8. The summed E-state index contributed by atoms with van der Waals surface area (Å²) >= 11 is 0. The third-order valence-electron chi connectivity index (χ3n) is 4.18. The largest absolute Gasteiger partial charge is 0.323 e. The van der Waals surface area contributed by atoms with E-state index in [0.717, 1.165) is 12.8 Å². The van der Waals surface area contributed by atoms with E-state index in [0.29, 0.717) is 24.0 Å². The predicted molar refractivity (Wildman–Crippen MR) is 69.6 cm³/mol. The fourth-order valence-corrected chi connectivity index (χ4v) is 3.26. The van der Waals surface area contributed by atoms with Gasteiger partial charge in [-0.2, -0.15) is 0 Å². The molecule has 1 saturated carbocycles. The van der Waals surface area contributed by atoms with E-state index in [1.807, 2.05) is 0 Å². The van der Waals surface area contributed by atoms with Crippen LogP contribution < -0.4 is 5.32 Å². The molecule has 0 radical (unpaired) electrons. The van der Waals surface area contributed by atoms with E-state index in [1.165, 1.54) is 25.7 Å². The molecular weight excluding hydrogens is 212 g/mol. The molecule has 0 aromatic carbocycles. The van der Waals surface area contributed by atoms with E-state index in [1.54, 1.807) is 0 Å². The third-order valence-corrected chi connectivity index (χ3v) is 4.18. The molecule has 0 bridgehead atoms. The van der Waals surface area contributed by atoms with Crippen molar-refractivity contribution in [2.75, 3.05) is 0 Å². The van der Waals surface area contributed by atoms with E-state index < -0.39 is 0 Å². The summed E-state index contributed by atoms with van der Waals surface area (Å²) in [6.45, 7) is 6.47. The number of hydrogen-bond acceptors (Lipinski definition) is 2. The molecule has 17 heavy (non-hydrogen) atoms. The van der Waals surface area contributed by atoms with Crippen molar-refractivity contribution < 1.29 is 4.79 Å². The average molecular weight is 238 g/mol. The molecule has 0 aromatic rings. The number of carbonyl (C=O) groups is 1. The minimum Gasteiger partial charge on any atom is -0.323 e. The Hall–Kier alpha value is -0.570. The number of rotatable bonds is 4. The second-order valence-electron chi connectivity index (χ2n) is 5.88. The van der Waals surface area contributed by atoms with Crippen LogP contribution in [0, 0.1) is 5.92 Å². The zero-order chi connectivity index (χ0) is 12.4. The minimum atomic E-state index is 0.0483. The van der Waals surface area contributed by atoms with Gasteiger partial charge >= 0.3 is 0 Å². The van der Waals surface area contributed by atoms with Crippen LogP contribution in [0.4, 0.5) is 0 Å². The number of hydrogen-bond donors (Lipinski definition) is 1. The molecule has 2 aliphatic rings.